The first-order valence-electron chi connectivity index (χ1n) is 7.89. The van der Waals surface area contributed by atoms with Crippen molar-refractivity contribution in [1.82, 2.24) is 5.32 Å². The van der Waals surface area contributed by atoms with Gasteiger partial charge >= 0.3 is 0 Å². The highest BCUT2D eigenvalue weighted by Gasteiger charge is 2.41. The van der Waals surface area contributed by atoms with Crippen LogP contribution in [0.3, 0.4) is 0 Å². The van der Waals surface area contributed by atoms with Crippen molar-refractivity contribution in [3.63, 3.8) is 0 Å². The summed E-state index contributed by atoms with van der Waals surface area (Å²) in [4.78, 5) is 13.0. The fraction of sp³-hybridized carbons (Fsp3) is 0.588. The quantitative estimate of drug-likeness (QED) is 0.855. The molecule has 0 aromatic heterocycles. The minimum absolute atomic E-state index is 0.125. The standard InChI is InChI=1S/C17H24N2O/c1-13(20)18-15-10-16-8-5-9-17(11-15)19(16)12-14-6-3-2-4-7-14/h2-4,6-7,15-17H,5,8-12H2,1H3,(H,18,20)/p+1/t15?,16-,17+. The summed E-state index contributed by atoms with van der Waals surface area (Å²) in [6, 6.07) is 12.7. The molecule has 20 heavy (non-hydrogen) atoms. The van der Waals surface area contributed by atoms with Crippen LogP contribution in [0.15, 0.2) is 30.3 Å². The molecule has 1 amide bonds. The first kappa shape index (κ1) is 13.6. The second-order valence-corrected chi connectivity index (χ2v) is 6.43. The summed E-state index contributed by atoms with van der Waals surface area (Å²) in [6.45, 7) is 2.78. The second kappa shape index (κ2) is 5.96. The molecule has 1 aromatic rings. The van der Waals surface area contributed by atoms with E-state index < -0.39 is 0 Å². The van der Waals surface area contributed by atoms with Crippen LogP contribution >= 0.6 is 0 Å². The zero-order valence-electron chi connectivity index (χ0n) is 12.3. The van der Waals surface area contributed by atoms with Crippen molar-refractivity contribution >= 4 is 5.91 Å². The third-order valence-electron chi connectivity index (χ3n) is 4.95. The molecular weight excluding hydrogens is 248 g/mol. The van der Waals surface area contributed by atoms with Crippen LogP contribution in [0.4, 0.5) is 0 Å². The molecular formula is C17H25N2O+. The molecule has 3 rings (SSSR count). The summed E-state index contributed by atoms with van der Waals surface area (Å²) >= 11 is 0. The molecule has 0 spiro atoms. The molecule has 3 heteroatoms. The lowest BCUT2D eigenvalue weighted by Gasteiger charge is -2.46. The molecule has 2 aliphatic heterocycles. The van der Waals surface area contributed by atoms with Crippen molar-refractivity contribution in [1.29, 1.82) is 0 Å². The predicted molar refractivity (Wildman–Crippen MR) is 79.4 cm³/mol. The van der Waals surface area contributed by atoms with E-state index in [4.69, 9.17) is 0 Å². The summed E-state index contributed by atoms with van der Waals surface area (Å²) in [7, 11) is 0. The van der Waals surface area contributed by atoms with Crippen LogP contribution in [-0.2, 0) is 11.3 Å². The van der Waals surface area contributed by atoms with E-state index in [0.29, 0.717) is 6.04 Å². The average Bonchev–Trinajstić information content (AvgIpc) is 2.40. The molecule has 2 saturated heterocycles. The van der Waals surface area contributed by atoms with Crippen LogP contribution in [0, 0.1) is 0 Å². The van der Waals surface area contributed by atoms with Gasteiger partial charge in [0.15, 0.2) is 0 Å². The Morgan fingerprint density at radius 3 is 2.45 bits per heavy atom. The number of hydrogen-bond acceptors (Lipinski definition) is 1. The van der Waals surface area contributed by atoms with Crippen molar-refractivity contribution in [2.75, 3.05) is 0 Å². The van der Waals surface area contributed by atoms with Gasteiger partial charge in [-0.1, -0.05) is 30.3 Å². The lowest BCUT2D eigenvalue weighted by molar-refractivity contribution is -0.973. The number of amides is 1. The van der Waals surface area contributed by atoms with Crippen LogP contribution in [0.1, 0.15) is 44.6 Å². The lowest BCUT2D eigenvalue weighted by atomic mass is 9.81. The topological polar surface area (TPSA) is 33.5 Å². The van der Waals surface area contributed by atoms with E-state index in [0.717, 1.165) is 31.5 Å². The summed E-state index contributed by atoms with van der Waals surface area (Å²) in [6.07, 6.45) is 6.29. The van der Waals surface area contributed by atoms with E-state index in [2.05, 4.69) is 35.6 Å². The van der Waals surface area contributed by atoms with Gasteiger partial charge < -0.3 is 10.2 Å². The van der Waals surface area contributed by atoms with Crippen LogP contribution in [0.25, 0.3) is 0 Å². The van der Waals surface area contributed by atoms with Crippen molar-refractivity contribution in [3.05, 3.63) is 35.9 Å². The summed E-state index contributed by atoms with van der Waals surface area (Å²) < 4.78 is 0. The van der Waals surface area contributed by atoms with Gasteiger partial charge in [-0.05, 0) is 19.3 Å². The molecule has 2 N–H and O–H groups in total. The fourth-order valence-corrected chi connectivity index (χ4v) is 4.16. The Balaban J connectivity index is 1.69. The maximum absolute atomic E-state index is 11.3. The summed E-state index contributed by atoms with van der Waals surface area (Å²) in [5.41, 5.74) is 1.44. The van der Waals surface area contributed by atoms with Crippen molar-refractivity contribution < 1.29 is 9.69 Å². The van der Waals surface area contributed by atoms with Crippen molar-refractivity contribution in [2.45, 2.75) is 63.7 Å². The average molecular weight is 273 g/mol. The summed E-state index contributed by atoms with van der Waals surface area (Å²) in [5.74, 6) is 0.125. The number of carbonyl (C=O) groups excluding carboxylic acids is 1. The number of carbonyl (C=O) groups is 1. The van der Waals surface area contributed by atoms with Gasteiger partial charge in [-0.3, -0.25) is 4.79 Å². The van der Waals surface area contributed by atoms with E-state index >= 15 is 0 Å². The zero-order valence-corrected chi connectivity index (χ0v) is 12.3. The van der Waals surface area contributed by atoms with Gasteiger partial charge in [0, 0.05) is 31.4 Å². The van der Waals surface area contributed by atoms with E-state index in [1.54, 1.807) is 11.8 Å². The predicted octanol–water partition coefficient (Wildman–Crippen LogP) is 1.29. The van der Waals surface area contributed by atoms with Crippen LogP contribution in [0.5, 0.6) is 0 Å². The van der Waals surface area contributed by atoms with Crippen molar-refractivity contribution in [2.24, 2.45) is 0 Å². The maximum atomic E-state index is 11.3. The number of rotatable bonds is 3. The van der Waals surface area contributed by atoms with Crippen LogP contribution in [0.2, 0.25) is 0 Å². The van der Waals surface area contributed by atoms with Gasteiger partial charge in [0.1, 0.15) is 6.54 Å². The lowest BCUT2D eigenvalue weighted by Crippen LogP contribution is -3.20. The van der Waals surface area contributed by atoms with Crippen molar-refractivity contribution in [3.8, 4) is 0 Å². The van der Waals surface area contributed by atoms with E-state index in [9.17, 15) is 4.79 Å². The van der Waals surface area contributed by atoms with E-state index in [1.807, 2.05) is 0 Å². The molecule has 1 aromatic carbocycles. The number of nitrogens with one attached hydrogen (secondary N) is 2. The Labute approximate surface area is 121 Å². The Morgan fingerprint density at radius 1 is 1.20 bits per heavy atom. The van der Waals surface area contributed by atoms with E-state index in [-0.39, 0.29) is 5.91 Å². The molecule has 108 valence electrons. The molecule has 0 aliphatic carbocycles. The van der Waals surface area contributed by atoms with Gasteiger partial charge in [0.05, 0.1) is 12.1 Å². The molecule has 2 heterocycles. The number of benzene rings is 1. The van der Waals surface area contributed by atoms with Gasteiger partial charge in [-0.25, -0.2) is 0 Å². The van der Waals surface area contributed by atoms with Crippen LogP contribution in [-0.4, -0.2) is 24.0 Å². The zero-order chi connectivity index (χ0) is 13.9. The molecule has 2 aliphatic rings. The molecule has 0 saturated carbocycles. The smallest absolute Gasteiger partial charge is 0.217 e. The Kier molecular flexibility index (Phi) is 4.06. The first-order valence-corrected chi connectivity index (χ1v) is 7.89. The Bertz CT molecular complexity index is 445. The molecule has 2 unspecified atom stereocenters. The highest BCUT2D eigenvalue weighted by molar-refractivity contribution is 5.73. The highest BCUT2D eigenvalue weighted by Crippen LogP contribution is 2.22. The SMILES string of the molecule is CC(=O)NC1C[C@H]2CCC[C@@H](C1)[NH+]2Cc1ccccc1. The number of quaternary nitrogens is 1. The number of fused-ring (bicyclic) bond motifs is 2. The molecule has 3 nitrogen and oxygen atoms in total. The van der Waals surface area contributed by atoms with Gasteiger partial charge in [0.25, 0.3) is 0 Å². The van der Waals surface area contributed by atoms with Crippen LogP contribution < -0.4 is 10.2 Å². The number of hydrogen-bond donors (Lipinski definition) is 2. The van der Waals surface area contributed by atoms with E-state index in [1.165, 1.54) is 24.8 Å². The first-order chi connectivity index (χ1) is 9.72. The largest absolute Gasteiger partial charge is 0.353 e. The molecule has 2 fully saturated rings. The monoisotopic (exact) mass is 273 g/mol. The normalized spacial score (nSPS) is 32.6. The minimum atomic E-state index is 0.125. The molecule has 0 radical (unpaired) electrons. The summed E-state index contributed by atoms with van der Waals surface area (Å²) in [5, 5.41) is 3.14. The van der Waals surface area contributed by atoms with Gasteiger partial charge in [-0.2, -0.15) is 0 Å². The number of piperidine rings is 2. The fourth-order valence-electron chi connectivity index (χ4n) is 4.16. The van der Waals surface area contributed by atoms with Gasteiger partial charge in [-0.15, -0.1) is 0 Å². The highest BCUT2D eigenvalue weighted by atomic mass is 16.1. The molecule has 4 atom stereocenters. The third-order valence-corrected chi connectivity index (χ3v) is 4.95. The third kappa shape index (κ3) is 3.04. The Hall–Kier alpha value is -1.35. The van der Waals surface area contributed by atoms with Gasteiger partial charge in [0.2, 0.25) is 5.91 Å². The molecule has 2 bridgehead atoms. The minimum Gasteiger partial charge on any atom is -0.353 e. The Morgan fingerprint density at radius 2 is 1.85 bits per heavy atom. The second-order valence-electron chi connectivity index (χ2n) is 6.43. The maximum Gasteiger partial charge on any atom is 0.217 e.